The van der Waals surface area contributed by atoms with E-state index in [0.29, 0.717) is 23.5 Å². The van der Waals surface area contributed by atoms with E-state index in [-0.39, 0.29) is 0 Å². The van der Waals surface area contributed by atoms with Crippen LogP contribution in [-0.2, 0) is 0 Å². The molecule has 3 atom stereocenters. The standard InChI is InChI=1S/C14H14ClIN5P.C3H8O2/c15-13-12-3-4-20(14(12)18-8-17-13)11-2-1-9(5-11)10-6-19-21(7-10)22-16;1-3(2,4)5/h3-4,6-9,11,22H,1-2,5H2;4-5H,1-2H3. The molecule has 4 rings (SSSR count). The molecule has 0 saturated heterocycles. The van der Waals surface area contributed by atoms with Crippen LogP contribution in [0.1, 0.15) is 50.6 Å². The van der Waals surface area contributed by atoms with Crippen LogP contribution in [-0.4, -0.2) is 40.1 Å². The number of aliphatic hydroxyl groups is 2. The number of aromatic nitrogens is 5. The van der Waals surface area contributed by atoms with E-state index < -0.39 is 5.79 Å². The largest absolute Gasteiger partial charge is 0.366 e. The van der Waals surface area contributed by atoms with Gasteiger partial charge in [0.1, 0.15) is 17.1 Å². The van der Waals surface area contributed by atoms with E-state index in [9.17, 15) is 0 Å². The summed E-state index contributed by atoms with van der Waals surface area (Å²) >= 11 is 8.50. The first kappa shape index (κ1) is 20.9. The zero-order valence-corrected chi connectivity index (χ0v) is 19.0. The zero-order chi connectivity index (χ0) is 19.6. The Bertz CT molecular complexity index is 904. The molecule has 0 aromatic carbocycles. The SMILES string of the molecule is CC(C)(O)O.Clc1ncnc2c1ccn2C1CCC(c2cnn(PI)c2)C1. The summed E-state index contributed by atoms with van der Waals surface area (Å²) in [5.41, 5.74) is 2.30. The number of nitrogens with zero attached hydrogens (tertiary/aromatic N) is 5. The van der Waals surface area contributed by atoms with Gasteiger partial charge in [0.2, 0.25) is 0 Å². The predicted molar refractivity (Wildman–Crippen MR) is 117 cm³/mol. The van der Waals surface area contributed by atoms with E-state index in [4.69, 9.17) is 21.8 Å². The Labute approximate surface area is 177 Å². The van der Waals surface area contributed by atoms with Crippen LogP contribution in [0, 0.1) is 0 Å². The van der Waals surface area contributed by atoms with E-state index in [1.807, 2.05) is 16.7 Å². The molecule has 0 aliphatic heterocycles. The third-order valence-corrected chi connectivity index (χ3v) is 6.62. The first-order valence-electron chi connectivity index (χ1n) is 8.59. The molecule has 1 aliphatic rings. The van der Waals surface area contributed by atoms with E-state index in [1.54, 1.807) is 6.33 Å². The van der Waals surface area contributed by atoms with Gasteiger partial charge in [0.15, 0.2) is 5.79 Å². The van der Waals surface area contributed by atoms with E-state index >= 15 is 0 Å². The maximum Gasteiger partial charge on any atom is 0.156 e. The first-order chi connectivity index (χ1) is 12.8. The van der Waals surface area contributed by atoms with Crippen LogP contribution in [0.25, 0.3) is 11.0 Å². The van der Waals surface area contributed by atoms with Crippen molar-refractivity contribution in [2.45, 2.75) is 50.9 Å². The molecular weight excluding hydrogens is 500 g/mol. The summed E-state index contributed by atoms with van der Waals surface area (Å²) in [6.07, 6.45) is 12.0. The fourth-order valence-corrected chi connectivity index (χ4v) is 4.62. The Balaban J connectivity index is 0.000000376. The molecule has 1 aliphatic carbocycles. The van der Waals surface area contributed by atoms with Crippen molar-refractivity contribution < 1.29 is 10.2 Å². The molecule has 7 nitrogen and oxygen atoms in total. The molecule has 27 heavy (non-hydrogen) atoms. The number of hydrogen-bond acceptors (Lipinski definition) is 5. The molecule has 3 heterocycles. The van der Waals surface area contributed by atoms with Gasteiger partial charge in [-0.2, -0.15) is 5.10 Å². The second kappa shape index (κ2) is 8.69. The minimum atomic E-state index is -1.50. The molecule has 0 bridgehead atoms. The van der Waals surface area contributed by atoms with Gasteiger partial charge in [-0.05, 0) is 72.7 Å². The predicted octanol–water partition coefficient (Wildman–Crippen LogP) is 4.29. The molecular formula is C17H22ClIN5O2P. The number of hydrogen-bond donors (Lipinski definition) is 2. The zero-order valence-electron chi connectivity index (χ0n) is 15.0. The van der Waals surface area contributed by atoms with Crippen molar-refractivity contribution in [1.82, 2.24) is 24.1 Å². The van der Waals surface area contributed by atoms with Crippen molar-refractivity contribution in [2.24, 2.45) is 0 Å². The lowest BCUT2D eigenvalue weighted by Crippen LogP contribution is -2.15. The second-order valence-electron chi connectivity index (χ2n) is 7.09. The van der Waals surface area contributed by atoms with Crippen molar-refractivity contribution >= 4 is 51.0 Å². The fourth-order valence-electron chi connectivity index (χ4n) is 3.34. The summed E-state index contributed by atoms with van der Waals surface area (Å²) in [4.78, 5) is 8.46. The smallest absolute Gasteiger partial charge is 0.156 e. The minimum absolute atomic E-state index is 0.471. The van der Waals surface area contributed by atoms with Crippen molar-refractivity contribution in [3.05, 3.63) is 41.7 Å². The van der Waals surface area contributed by atoms with Gasteiger partial charge in [-0.25, -0.2) is 14.4 Å². The quantitative estimate of drug-likeness (QED) is 0.232. The van der Waals surface area contributed by atoms with Gasteiger partial charge in [0.25, 0.3) is 0 Å². The van der Waals surface area contributed by atoms with E-state index in [2.05, 4.69) is 54.1 Å². The van der Waals surface area contributed by atoms with E-state index in [1.165, 1.54) is 25.8 Å². The highest BCUT2D eigenvalue weighted by Crippen LogP contribution is 2.42. The molecule has 0 radical (unpaired) electrons. The summed E-state index contributed by atoms with van der Waals surface area (Å²) in [5, 5.41) is 22.0. The second-order valence-corrected chi connectivity index (χ2v) is 9.52. The third kappa shape index (κ3) is 5.38. The Morgan fingerprint density at radius 3 is 2.70 bits per heavy atom. The van der Waals surface area contributed by atoms with Crippen molar-refractivity contribution in [1.29, 1.82) is 0 Å². The number of fused-ring (bicyclic) bond motifs is 1. The normalized spacial score (nSPS) is 20.4. The Morgan fingerprint density at radius 2 is 2.04 bits per heavy atom. The average Bonchev–Trinajstić information content (AvgIpc) is 3.31. The topological polar surface area (TPSA) is 89.0 Å². The molecule has 10 heteroatoms. The number of rotatable bonds is 3. The highest BCUT2D eigenvalue weighted by atomic mass is 127. The van der Waals surface area contributed by atoms with Crippen molar-refractivity contribution in [3.63, 3.8) is 0 Å². The van der Waals surface area contributed by atoms with Gasteiger partial charge >= 0.3 is 0 Å². The Morgan fingerprint density at radius 1 is 1.30 bits per heavy atom. The minimum Gasteiger partial charge on any atom is -0.366 e. The molecule has 1 fully saturated rings. The highest BCUT2D eigenvalue weighted by Gasteiger charge is 2.29. The summed E-state index contributed by atoms with van der Waals surface area (Å²) in [5.74, 6) is -0.916. The number of halogens is 2. The molecule has 3 aromatic rings. The van der Waals surface area contributed by atoms with E-state index in [0.717, 1.165) is 23.9 Å². The Hall–Kier alpha value is -0.800. The van der Waals surface area contributed by atoms with Gasteiger partial charge in [0.05, 0.1) is 18.0 Å². The van der Waals surface area contributed by atoms with Crippen LogP contribution < -0.4 is 0 Å². The first-order valence-corrected chi connectivity index (χ1v) is 13.0. The maximum atomic E-state index is 8.08. The lowest BCUT2D eigenvalue weighted by molar-refractivity contribution is -0.127. The van der Waals surface area contributed by atoms with Gasteiger partial charge < -0.3 is 14.8 Å². The summed E-state index contributed by atoms with van der Waals surface area (Å²) in [6, 6.07) is 2.49. The van der Waals surface area contributed by atoms with Gasteiger partial charge in [-0.3, -0.25) is 0 Å². The molecule has 3 unspecified atom stereocenters. The van der Waals surface area contributed by atoms with Crippen LogP contribution in [0.15, 0.2) is 31.0 Å². The molecule has 0 amide bonds. The molecule has 3 aromatic heterocycles. The van der Waals surface area contributed by atoms with Gasteiger partial charge in [-0.1, -0.05) is 11.6 Å². The molecule has 146 valence electrons. The summed E-state index contributed by atoms with van der Waals surface area (Å²) < 4.78 is 4.27. The van der Waals surface area contributed by atoms with Gasteiger partial charge in [0, 0.05) is 18.4 Å². The summed E-state index contributed by atoms with van der Waals surface area (Å²) in [6.45, 7) is 2.60. The van der Waals surface area contributed by atoms with Crippen LogP contribution >= 0.6 is 40.0 Å². The van der Waals surface area contributed by atoms with Crippen LogP contribution in [0.3, 0.4) is 0 Å². The molecule has 2 N–H and O–H groups in total. The lowest BCUT2D eigenvalue weighted by Gasteiger charge is -2.13. The maximum absolute atomic E-state index is 8.08. The van der Waals surface area contributed by atoms with Crippen molar-refractivity contribution in [3.8, 4) is 0 Å². The average molecular weight is 522 g/mol. The van der Waals surface area contributed by atoms with Crippen LogP contribution in [0.2, 0.25) is 5.15 Å². The third-order valence-electron chi connectivity index (χ3n) is 4.42. The molecule has 0 spiro atoms. The lowest BCUT2D eigenvalue weighted by atomic mass is 10.0. The monoisotopic (exact) mass is 521 g/mol. The molecule has 1 saturated carbocycles. The fraction of sp³-hybridized carbons (Fsp3) is 0.471. The summed E-state index contributed by atoms with van der Waals surface area (Å²) in [7, 11) is 0. The van der Waals surface area contributed by atoms with Gasteiger partial charge in [-0.15, -0.1) is 0 Å². The van der Waals surface area contributed by atoms with Crippen LogP contribution in [0.5, 0.6) is 0 Å². The van der Waals surface area contributed by atoms with Crippen LogP contribution in [0.4, 0.5) is 0 Å². The highest BCUT2D eigenvalue weighted by molar-refractivity contribution is 14.2. The van der Waals surface area contributed by atoms with Crippen molar-refractivity contribution in [2.75, 3.05) is 0 Å². The Kier molecular flexibility index (Phi) is 6.74.